The second-order valence-electron chi connectivity index (χ2n) is 6.63. The van der Waals surface area contributed by atoms with E-state index in [2.05, 4.69) is 12.2 Å². The van der Waals surface area contributed by atoms with Gasteiger partial charge in [0.25, 0.3) is 5.91 Å². The minimum absolute atomic E-state index is 0.0948. The Kier molecular flexibility index (Phi) is 10.3. The summed E-state index contributed by atoms with van der Waals surface area (Å²) in [6, 6.07) is 2.24. The standard InChI is InChI=1S/C20H29F4NO/c1-2-3-4-5-6-7-8-9-10-11-14-25-19(26)16-12-13-17(18(21)15-16)20(22,23)24/h12-13,15H,2-11,14H2,1H3,(H,25,26). The number of benzene rings is 1. The normalized spacial score (nSPS) is 11.6. The summed E-state index contributed by atoms with van der Waals surface area (Å²) in [5.74, 6) is -1.97. The molecule has 0 spiro atoms. The SMILES string of the molecule is CCCCCCCCCCCCNC(=O)c1ccc(C(F)(F)F)c(F)c1. The number of rotatable bonds is 12. The third kappa shape index (κ3) is 8.68. The van der Waals surface area contributed by atoms with Crippen molar-refractivity contribution in [3.8, 4) is 0 Å². The van der Waals surface area contributed by atoms with Gasteiger partial charge in [-0.25, -0.2) is 4.39 Å². The zero-order valence-electron chi connectivity index (χ0n) is 15.4. The number of carbonyl (C=O) groups excluding carboxylic acids is 1. The van der Waals surface area contributed by atoms with Gasteiger partial charge in [-0.05, 0) is 24.6 Å². The van der Waals surface area contributed by atoms with Crippen molar-refractivity contribution in [2.45, 2.75) is 77.3 Å². The molecule has 26 heavy (non-hydrogen) atoms. The van der Waals surface area contributed by atoms with E-state index in [0.717, 1.165) is 25.3 Å². The fourth-order valence-corrected chi connectivity index (χ4v) is 2.80. The van der Waals surface area contributed by atoms with Crippen LogP contribution in [0.4, 0.5) is 17.6 Å². The lowest BCUT2D eigenvalue weighted by molar-refractivity contribution is -0.140. The van der Waals surface area contributed by atoms with Crippen molar-refractivity contribution in [3.05, 3.63) is 35.1 Å². The van der Waals surface area contributed by atoms with Crippen molar-refractivity contribution in [2.24, 2.45) is 0 Å². The molecule has 0 radical (unpaired) electrons. The molecular formula is C20H29F4NO. The number of halogens is 4. The molecule has 6 heteroatoms. The molecule has 0 aliphatic heterocycles. The molecule has 0 aliphatic rings. The Bertz CT molecular complexity index is 543. The van der Waals surface area contributed by atoms with Crippen LogP contribution in [0.15, 0.2) is 18.2 Å². The maximum Gasteiger partial charge on any atom is 0.419 e. The minimum Gasteiger partial charge on any atom is -0.352 e. The fraction of sp³-hybridized carbons (Fsp3) is 0.650. The van der Waals surface area contributed by atoms with Crippen molar-refractivity contribution in [2.75, 3.05) is 6.54 Å². The van der Waals surface area contributed by atoms with Gasteiger partial charge >= 0.3 is 6.18 Å². The Labute approximate surface area is 153 Å². The van der Waals surface area contributed by atoms with Crippen LogP contribution in [0.1, 0.15) is 87.1 Å². The molecule has 1 rings (SSSR count). The highest BCUT2D eigenvalue weighted by Crippen LogP contribution is 2.31. The van der Waals surface area contributed by atoms with Crippen molar-refractivity contribution in [3.63, 3.8) is 0 Å². The summed E-state index contributed by atoms with van der Waals surface area (Å²) in [6.45, 7) is 2.64. The van der Waals surface area contributed by atoms with Crippen molar-refractivity contribution >= 4 is 5.91 Å². The highest BCUT2D eigenvalue weighted by Gasteiger charge is 2.34. The summed E-state index contributed by atoms with van der Waals surface area (Å²) in [7, 11) is 0. The second-order valence-corrected chi connectivity index (χ2v) is 6.63. The van der Waals surface area contributed by atoms with Gasteiger partial charge in [-0.2, -0.15) is 13.2 Å². The molecule has 1 aromatic rings. The van der Waals surface area contributed by atoms with Gasteiger partial charge in [0.05, 0.1) is 5.56 Å². The van der Waals surface area contributed by atoms with Gasteiger partial charge < -0.3 is 5.32 Å². The molecule has 0 bridgehead atoms. The Morgan fingerprint density at radius 3 is 1.96 bits per heavy atom. The van der Waals surface area contributed by atoms with E-state index in [0.29, 0.717) is 18.7 Å². The van der Waals surface area contributed by atoms with Crippen molar-refractivity contribution < 1.29 is 22.4 Å². The van der Waals surface area contributed by atoms with E-state index >= 15 is 0 Å². The van der Waals surface area contributed by atoms with E-state index in [1.54, 1.807) is 0 Å². The first kappa shape index (κ1) is 22.5. The number of unbranched alkanes of at least 4 members (excludes halogenated alkanes) is 9. The smallest absolute Gasteiger partial charge is 0.352 e. The monoisotopic (exact) mass is 375 g/mol. The fourth-order valence-electron chi connectivity index (χ4n) is 2.80. The predicted molar refractivity (Wildman–Crippen MR) is 95.6 cm³/mol. The Morgan fingerprint density at radius 1 is 0.923 bits per heavy atom. The van der Waals surface area contributed by atoms with Crippen molar-refractivity contribution in [1.29, 1.82) is 0 Å². The summed E-state index contributed by atoms with van der Waals surface area (Å²) in [4.78, 5) is 11.9. The van der Waals surface area contributed by atoms with E-state index in [1.165, 1.54) is 44.9 Å². The topological polar surface area (TPSA) is 29.1 Å². The molecule has 0 saturated carbocycles. The van der Waals surface area contributed by atoms with E-state index < -0.39 is 23.5 Å². The van der Waals surface area contributed by atoms with Gasteiger partial charge in [0, 0.05) is 12.1 Å². The van der Waals surface area contributed by atoms with E-state index in [4.69, 9.17) is 0 Å². The Hall–Kier alpha value is -1.59. The molecule has 1 N–H and O–H groups in total. The molecule has 0 aliphatic carbocycles. The third-order valence-corrected chi connectivity index (χ3v) is 4.35. The Morgan fingerprint density at radius 2 is 1.46 bits per heavy atom. The molecule has 148 valence electrons. The van der Waals surface area contributed by atoms with Crippen LogP contribution in [-0.2, 0) is 6.18 Å². The van der Waals surface area contributed by atoms with Gasteiger partial charge in [-0.1, -0.05) is 64.7 Å². The zero-order chi connectivity index (χ0) is 19.4. The lowest BCUT2D eigenvalue weighted by Gasteiger charge is -2.10. The van der Waals surface area contributed by atoms with Gasteiger partial charge in [0.1, 0.15) is 5.82 Å². The van der Waals surface area contributed by atoms with Crippen LogP contribution in [0.25, 0.3) is 0 Å². The van der Waals surface area contributed by atoms with Crippen LogP contribution in [0, 0.1) is 5.82 Å². The molecule has 0 fully saturated rings. The molecule has 0 saturated heterocycles. The van der Waals surface area contributed by atoms with Gasteiger partial charge in [0.2, 0.25) is 0 Å². The average Bonchev–Trinajstić information content (AvgIpc) is 2.58. The summed E-state index contributed by atoms with van der Waals surface area (Å²) in [5, 5.41) is 2.62. The molecule has 1 amide bonds. The van der Waals surface area contributed by atoms with E-state index in [1.807, 2.05) is 0 Å². The maximum atomic E-state index is 13.5. The number of amides is 1. The molecule has 0 unspecified atom stereocenters. The van der Waals surface area contributed by atoms with Crippen molar-refractivity contribution in [1.82, 2.24) is 5.32 Å². The van der Waals surface area contributed by atoms with Crippen LogP contribution in [0.5, 0.6) is 0 Å². The molecule has 0 aromatic heterocycles. The first-order chi connectivity index (χ1) is 12.4. The Balaban J connectivity index is 2.16. The van der Waals surface area contributed by atoms with Crippen LogP contribution in [-0.4, -0.2) is 12.5 Å². The molecule has 1 aromatic carbocycles. The molecular weight excluding hydrogens is 346 g/mol. The average molecular weight is 375 g/mol. The van der Waals surface area contributed by atoms with Crippen LogP contribution < -0.4 is 5.32 Å². The lowest BCUT2D eigenvalue weighted by Crippen LogP contribution is -2.24. The number of hydrogen-bond acceptors (Lipinski definition) is 1. The first-order valence-electron chi connectivity index (χ1n) is 9.51. The van der Waals surface area contributed by atoms with E-state index in [-0.39, 0.29) is 5.56 Å². The largest absolute Gasteiger partial charge is 0.419 e. The van der Waals surface area contributed by atoms with Crippen LogP contribution in [0.2, 0.25) is 0 Å². The summed E-state index contributed by atoms with van der Waals surface area (Å²) in [5.41, 5.74) is -1.45. The predicted octanol–water partition coefficient (Wildman–Crippen LogP) is 6.50. The van der Waals surface area contributed by atoms with Crippen LogP contribution in [0.3, 0.4) is 0 Å². The number of hydrogen-bond donors (Lipinski definition) is 1. The van der Waals surface area contributed by atoms with E-state index in [9.17, 15) is 22.4 Å². The van der Waals surface area contributed by atoms with Gasteiger partial charge in [-0.3, -0.25) is 4.79 Å². The number of carbonyl (C=O) groups is 1. The van der Waals surface area contributed by atoms with Gasteiger partial charge in [0.15, 0.2) is 0 Å². The molecule has 2 nitrogen and oxygen atoms in total. The molecule has 0 atom stereocenters. The molecule has 0 heterocycles. The summed E-state index contributed by atoms with van der Waals surface area (Å²) < 4.78 is 50.9. The van der Waals surface area contributed by atoms with Gasteiger partial charge in [-0.15, -0.1) is 0 Å². The highest BCUT2D eigenvalue weighted by atomic mass is 19.4. The summed E-state index contributed by atoms with van der Waals surface area (Å²) >= 11 is 0. The minimum atomic E-state index is -4.75. The third-order valence-electron chi connectivity index (χ3n) is 4.35. The maximum absolute atomic E-state index is 13.5. The highest BCUT2D eigenvalue weighted by molar-refractivity contribution is 5.94. The second kappa shape index (κ2) is 11.9. The summed E-state index contributed by atoms with van der Waals surface area (Å²) in [6.07, 6.45) is 7.03. The number of nitrogens with one attached hydrogen (secondary N) is 1. The quantitative estimate of drug-likeness (QED) is 0.328. The first-order valence-corrected chi connectivity index (χ1v) is 9.51. The number of alkyl halides is 3. The lowest BCUT2D eigenvalue weighted by atomic mass is 10.1. The van der Waals surface area contributed by atoms with Crippen LogP contribution >= 0.6 is 0 Å². The zero-order valence-corrected chi connectivity index (χ0v) is 15.4.